The average molecular weight is 471 g/mol. The lowest BCUT2D eigenvalue weighted by Gasteiger charge is -2.32. The minimum absolute atomic E-state index is 0.0182. The number of nitrogens with zero attached hydrogens (tertiary/aromatic N) is 2. The van der Waals surface area contributed by atoms with Gasteiger partial charge < -0.3 is 15.8 Å². The maximum Gasteiger partial charge on any atom is 0.241 e. The van der Waals surface area contributed by atoms with Gasteiger partial charge in [-0.15, -0.1) is 0 Å². The predicted octanol–water partition coefficient (Wildman–Crippen LogP) is 2.99. The number of amides is 1. The molecule has 2 aliphatic rings. The molecule has 2 atom stereocenters. The Hall–Kier alpha value is -3.52. The molecule has 1 saturated heterocycles. The molecule has 0 aromatic heterocycles. The van der Waals surface area contributed by atoms with Crippen LogP contribution in [0.3, 0.4) is 0 Å². The molecule has 1 aliphatic carbocycles. The lowest BCUT2D eigenvalue weighted by molar-refractivity contribution is -0.130. The molecule has 7 nitrogen and oxygen atoms in total. The number of hydrogen-bond donors (Lipinski definition) is 2. The highest BCUT2D eigenvalue weighted by Gasteiger charge is 2.37. The molecular formula is C28H30N4O3. The van der Waals surface area contributed by atoms with Crippen molar-refractivity contribution >= 4 is 11.7 Å². The minimum Gasteiger partial charge on any atom is -0.381 e. The third-order valence-corrected chi connectivity index (χ3v) is 7.17. The number of carbonyl (C=O) groups is 2. The van der Waals surface area contributed by atoms with E-state index in [0.29, 0.717) is 38.0 Å². The van der Waals surface area contributed by atoms with Crippen LogP contribution in [-0.2, 0) is 28.8 Å². The summed E-state index contributed by atoms with van der Waals surface area (Å²) >= 11 is 0. The second kappa shape index (κ2) is 10.8. The van der Waals surface area contributed by atoms with E-state index >= 15 is 0 Å². The molecule has 0 radical (unpaired) electrons. The minimum atomic E-state index is -0.998. The smallest absolute Gasteiger partial charge is 0.241 e. The molecule has 180 valence electrons. The van der Waals surface area contributed by atoms with Gasteiger partial charge in [-0.3, -0.25) is 9.59 Å². The number of hydrogen-bond acceptors (Lipinski definition) is 6. The molecule has 3 N–H and O–H groups in total. The van der Waals surface area contributed by atoms with Crippen LogP contribution in [0.2, 0.25) is 0 Å². The maximum absolute atomic E-state index is 13.1. The largest absolute Gasteiger partial charge is 0.381 e. The van der Waals surface area contributed by atoms with Crippen molar-refractivity contribution in [1.29, 1.82) is 10.5 Å². The third-order valence-electron chi connectivity index (χ3n) is 7.17. The Labute approximate surface area is 205 Å². The Morgan fingerprint density at radius 2 is 1.86 bits per heavy atom. The maximum atomic E-state index is 13.1. The first-order valence-corrected chi connectivity index (χ1v) is 12.1. The van der Waals surface area contributed by atoms with Crippen molar-refractivity contribution in [2.24, 2.45) is 11.7 Å². The number of nitrogens with two attached hydrogens (primary N) is 1. The second-order valence-corrected chi connectivity index (χ2v) is 9.57. The molecule has 1 fully saturated rings. The summed E-state index contributed by atoms with van der Waals surface area (Å²) in [6.45, 7) is 0.878. The summed E-state index contributed by atoms with van der Waals surface area (Å²) in [7, 11) is 0. The molecule has 4 rings (SSSR count). The van der Waals surface area contributed by atoms with Gasteiger partial charge in [0.05, 0.1) is 23.2 Å². The van der Waals surface area contributed by atoms with Crippen LogP contribution < -0.4 is 11.1 Å². The van der Waals surface area contributed by atoms with Gasteiger partial charge in [-0.25, -0.2) is 0 Å². The van der Waals surface area contributed by atoms with Crippen LogP contribution in [0.4, 0.5) is 0 Å². The summed E-state index contributed by atoms with van der Waals surface area (Å²) in [6.07, 6.45) is 4.41. The summed E-state index contributed by atoms with van der Waals surface area (Å²) < 4.78 is 5.29. The number of aryl methyl sites for hydroxylation is 2. The van der Waals surface area contributed by atoms with Crippen molar-refractivity contribution < 1.29 is 14.3 Å². The van der Waals surface area contributed by atoms with Crippen molar-refractivity contribution in [3.05, 3.63) is 70.3 Å². The fourth-order valence-corrected chi connectivity index (χ4v) is 4.89. The predicted molar refractivity (Wildman–Crippen MR) is 130 cm³/mol. The first-order valence-electron chi connectivity index (χ1n) is 12.1. The van der Waals surface area contributed by atoms with Gasteiger partial charge >= 0.3 is 0 Å². The topological polar surface area (TPSA) is 129 Å². The van der Waals surface area contributed by atoms with Gasteiger partial charge in [0, 0.05) is 31.1 Å². The van der Waals surface area contributed by atoms with Crippen LogP contribution >= 0.6 is 0 Å². The number of ketones is 1. The van der Waals surface area contributed by atoms with Crippen LogP contribution in [0.15, 0.2) is 42.5 Å². The van der Waals surface area contributed by atoms with Gasteiger partial charge in [-0.2, -0.15) is 10.5 Å². The van der Waals surface area contributed by atoms with Gasteiger partial charge in [-0.1, -0.05) is 30.3 Å². The molecule has 0 spiro atoms. The van der Waals surface area contributed by atoms with E-state index in [1.54, 1.807) is 0 Å². The Balaban J connectivity index is 1.36. The normalized spacial score (nSPS) is 19.6. The standard InChI is InChI=1S/C28H30N4O3/c29-17-20-3-1-19(2-4-20)5-7-22-8-9-23-15-21(6-10-25(23)26(22)33)16-24(18-30)32-27(34)28(31)11-13-35-14-12-28/h1-4,6,10,15,22,24H,5,7-9,11-14,16,31H2,(H,32,34). The van der Waals surface area contributed by atoms with E-state index in [4.69, 9.17) is 15.7 Å². The zero-order chi connectivity index (χ0) is 24.8. The highest BCUT2D eigenvalue weighted by atomic mass is 16.5. The summed E-state index contributed by atoms with van der Waals surface area (Å²) in [5.74, 6) is -0.165. The molecule has 2 aromatic carbocycles. The van der Waals surface area contributed by atoms with Gasteiger partial charge in [0.25, 0.3) is 0 Å². The quantitative estimate of drug-likeness (QED) is 0.640. The number of fused-ring (bicyclic) bond motifs is 1. The van der Waals surface area contributed by atoms with E-state index in [2.05, 4.69) is 17.5 Å². The molecule has 1 aliphatic heterocycles. The van der Waals surface area contributed by atoms with Crippen molar-refractivity contribution in [2.75, 3.05) is 13.2 Å². The highest BCUT2D eigenvalue weighted by molar-refractivity contribution is 6.00. The zero-order valence-corrected chi connectivity index (χ0v) is 19.8. The molecule has 1 heterocycles. The third kappa shape index (κ3) is 5.77. The number of Topliss-reactive ketones (excluding diaryl/α,β-unsaturated/α-hetero) is 1. The lowest BCUT2D eigenvalue weighted by atomic mass is 9.79. The highest BCUT2D eigenvalue weighted by Crippen LogP contribution is 2.30. The monoisotopic (exact) mass is 470 g/mol. The number of nitriles is 2. The Morgan fingerprint density at radius 3 is 2.54 bits per heavy atom. The number of rotatable bonds is 7. The first kappa shape index (κ1) is 24.6. The van der Waals surface area contributed by atoms with Crippen LogP contribution in [0.5, 0.6) is 0 Å². The van der Waals surface area contributed by atoms with Gasteiger partial charge in [-0.05, 0) is 67.3 Å². The van der Waals surface area contributed by atoms with Crippen LogP contribution in [0.25, 0.3) is 0 Å². The Kier molecular flexibility index (Phi) is 7.60. The number of nitrogens with one attached hydrogen (secondary N) is 1. The first-order chi connectivity index (χ1) is 16.9. The second-order valence-electron chi connectivity index (χ2n) is 9.57. The van der Waals surface area contributed by atoms with Crippen molar-refractivity contribution in [3.63, 3.8) is 0 Å². The van der Waals surface area contributed by atoms with E-state index < -0.39 is 11.6 Å². The number of ether oxygens (including phenoxy) is 1. The summed E-state index contributed by atoms with van der Waals surface area (Å²) in [5, 5.41) is 21.3. The van der Waals surface area contributed by atoms with Crippen LogP contribution in [0, 0.1) is 28.6 Å². The number of carbonyl (C=O) groups excluding carboxylic acids is 2. The zero-order valence-electron chi connectivity index (χ0n) is 19.8. The molecule has 0 saturated carbocycles. The van der Waals surface area contributed by atoms with Crippen molar-refractivity contribution in [1.82, 2.24) is 5.32 Å². The SMILES string of the molecule is N#Cc1ccc(CCC2CCc3cc(CC(C#N)NC(=O)C4(N)CCOCC4)ccc3C2=O)cc1. The van der Waals surface area contributed by atoms with E-state index in [-0.39, 0.29) is 17.6 Å². The molecule has 2 aromatic rings. The van der Waals surface area contributed by atoms with E-state index in [1.807, 2.05) is 42.5 Å². The van der Waals surface area contributed by atoms with E-state index in [1.165, 1.54) is 0 Å². The summed E-state index contributed by atoms with van der Waals surface area (Å²) in [4.78, 5) is 25.8. The number of benzene rings is 2. The van der Waals surface area contributed by atoms with Gasteiger partial charge in [0.1, 0.15) is 6.04 Å². The molecule has 35 heavy (non-hydrogen) atoms. The Morgan fingerprint density at radius 1 is 1.14 bits per heavy atom. The summed E-state index contributed by atoms with van der Waals surface area (Å²) in [6, 6.07) is 16.8. The van der Waals surface area contributed by atoms with E-state index in [0.717, 1.165) is 47.9 Å². The van der Waals surface area contributed by atoms with Gasteiger partial charge in [0.2, 0.25) is 5.91 Å². The molecular weight excluding hydrogens is 440 g/mol. The molecule has 7 heteroatoms. The average Bonchev–Trinajstić information content (AvgIpc) is 2.88. The van der Waals surface area contributed by atoms with Crippen molar-refractivity contribution in [3.8, 4) is 12.1 Å². The van der Waals surface area contributed by atoms with Crippen LogP contribution in [-0.4, -0.2) is 36.5 Å². The molecule has 1 amide bonds. The van der Waals surface area contributed by atoms with E-state index in [9.17, 15) is 14.9 Å². The summed E-state index contributed by atoms with van der Waals surface area (Å²) in [5.41, 5.74) is 9.68. The van der Waals surface area contributed by atoms with Gasteiger partial charge in [0.15, 0.2) is 5.78 Å². The fraction of sp³-hybridized carbons (Fsp3) is 0.429. The fourth-order valence-electron chi connectivity index (χ4n) is 4.89. The molecule has 0 bridgehead atoms. The Bertz CT molecular complexity index is 1170. The lowest BCUT2D eigenvalue weighted by Crippen LogP contribution is -2.58. The van der Waals surface area contributed by atoms with Crippen molar-refractivity contribution in [2.45, 2.75) is 56.5 Å². The van der Waals surface area contributed by atoms with Crippen LogP contribution in [0.1, 0.15) is 58.3 Å². The molecule has 2 unspecified atom stereocenters.